The molecule has 0 radical (unpaired) electrons. The molecule has 7 heteroatoms. The zero-order chi connectivity index (χ0) is 17.7. The van der Waals surface area contributed by atoms with E-state index in [0.29, 0.717) is 31.1 Å². The Morgan fingerprint density at radius 1 is 1.40 bits per heavy atom. The highest BCUT2D eigenvalue weighted by Crippen LogP contribution is 2.19. The smallest absolute Gasteiger partial charge is 0.251 e. The first kappa shape index (κ1) is 17.6. The van der Waals surface area contributed by atoms with Crippen molar-refractivity contribution in [3.05, 3.63) is 42.4 Å². The first-order valence-corrected chi connectivity index (χ1v) is 8.33. The summed E-state index contributed by atoms with van der Waals surface area (Å²) >= 11 is 0. The van der Waals surface area contributed by atoms with Crippen molar-refractivity contribution in [2.75, 3.05) is 39.4 Å². The summed E-state index contributed by atoms with van der Waals surface area (Å²) < 4.78 is 10.6. The fourth-order valence-corrected chi connectivity index (χ4v) is 2.84. The molecule has 1 aromatic heterocycles. The Kier molecular flexibility index (Phi) is 5.47. The van der Waals surface area contributed by atoms with E-state index in [4.69, 9.17) is 9.15 Å². The van der Waals surface area contributed by atoms with Gasteiger partial charge in [-0.3, -0.25) is 9.69 Å². The molecule has 7 nitrogen and oxygen atoms in total. The van der Waals surface area contributed by atoms with Gasteiger partial charge in [0, 0.05) is 37.3 Å². The van der Waals surface area contributed by atoms with Crippen LogP contribution < -0.4 is 5.32 Å². The van der Waals surface area contributed by atoms with Crippen molar-refractivity contribution < 1.29 is 19.1 Å². The third kappa shape index (κ3) is 4.88. The van der Waals surface area contributed by atoms with Crippen LogP contribution in [0.5, 0.6) is 0 Å². The van der Waals surface area contributed by atoms with Gasteiger partial charge in [0.2, 0.25) is 0 Å². The van der Waals surface area contributed by atoms with Gasteiger partial charge in [0.05, 0.1) is 25.0 Å². The van der Waals surface area contributed by atoms with Crippen LogP contribution in [0.1, 0.15) is 17.3 Å². The second-order valence-electron chi connectivity index (χ2n) is 6.51. The summed E-state index contributed by atoms with van der Waals surface area (Å²) in [7, 11) is 0. The Morgan fingerprint density at radius 3 is 2.92 bits per heavy atom. The number of carbonyl (C=O) groups is 1. The molecule has 1 aromatic carbocycles. The Morgan fingerprint density at radius 2 is 2.20 bits per heavy atom. The lowest BCUT2D eigenvalue weighted by Gasteiger charge is -2.33. The average Bonchev–Trinajstić information content (AvgIpc) is 3.15. The van der Waals surface area contributed by atoms with Gasteiger partial charge >= 0.3 is 0 Å². The van der Waals surface area contributed by atoms with Crippen molar-refractivity contribution in [1.29, 1.82) is 0 Å². The predicted octanol–water partition coefficient (Wildman–Crippen LogP) is 1.15. The van der Waals surface area contributed by atoms with Crippen LogP contribution in [-0.2, 0) is 4.74 Å². The van der Waals surface area contributed by atoms with Crippen molar-refractivity contribution in [3.63, 3.8) is 0 Å². The third-order valence-corrected chi connectivity index (χ3v) is 4.14. The second-order valence-corrected chi connectivity index (χ2v) is 6.51. The lowest BCUT2D eigenvalue weighted by molar-refractivity contribution is -0.0213. The summed E-state index contributed by atoms with van der Waals surface area (Å²) in [4.78, 5) is 18.4. The van der Waals surface area contributed by atoms with Gasteiger partial charge in [-0.05, 0) is 19.1 Å². The van der Waals surface area contributed by atoms with Gasteiger partial charge in [0.15, 0.2) is 12.2 Å². The zero-order valence-electron chi connectivity index (χ0n) is 14.3. The second kappa shape index (κ2) is 7.77. The summed E-state index contributed by atoms with van der Waals surface area (Å²) in [5.41, 5.74) is 0.288. The van der Waals surface area contributed by atoms with Crippen molar-refractivity contribution >= 4 is 5.91 Å². The fraction of sp³-hybridized carbons (Fsp3) is 0.444. The summed E-state index contributed by atoms with van der Waals surface area (Å²) in [5.74, 6) is 0.373. The highest BCUT2D eigenvalue weighted by atomic mass is 16.5. The number of oxazole rings is 1. The van der Waals surface area contributed by atoms with Crippen LogP contribution in [0.4, 0.5) is 0 Å². The lowest BCUT2D eigenvalue weighted by atomic mass is 10.1. The molecule has 0 spiro atoms. The van der Waals surface area contributed by atoms with E-state index in [2.05, 4.69) is 15.2 Å². The summed E-state index contributed by atoms with van der Waals surface area (Å²) in [6, 6.07) is 7.11. The summed E-state index contributed by atoms with van der Waals surface area (Å²) in [6.45, 7) is 5.35. The first-order valence-electron chi connectivity index (χ1n) is 8.33. The molecule has 25 heavy (non-hydrogen) atoms. The normalized spacial score (nSPS) is 17.8. The Balaban J connectivity index is 1.57. The van der Waals surface area contributed by atoms with E-state index in [1.54, 1.807) is 31.3 Å². The zero-order valence-corrected chi connectivity index (χ0v) is 14.3. The molecule has 2 N–H and O–H groups in total. The van der Waals surface area contributed by atoms with Crippen LogP contribution >= 0.6 is 0 Å². The van der Waals surface area contributed by atoms with Crippen LogP contribution in [0.25, 0.3) is 11.3 Å². The van der Waals surface area contributed by atoms with E-state index >= 15 is 0 Å². The van der Waals surface area contributed by atoms with E-state index in [-0.39, 0.29) is 12.5 Å². The SMILES string of the molecule is CC(O)(CNC(=O)c1cccc(-c2cnco2)c1)CN1CCOCC1. The van der Waals surface area contributed by atoms with Crippen molar-refractivity contribution in [2.24, 2.45) is 0 Å². The average molecular weight is 345 g/mol. The van der Waals surface area contributed by atoms with Gasteiger partial charge in [-0.15, -0.1) is 0 Å². The maximum atomic E-state index is 12.4. The Hall–Kier alpha value is -2.22. The highest BCUT2D eigenvalue weighted by molar-refractivity contribution is 5.95. The Bertz CT molecular complexity index is 694. The van der Waals surface area contributed by atoms with Crippen LogP contribution in [0, 0.1) is 0 Å². The molecular formula is C18H23N3O4. The largest absolute Gasteiger partial charge is 0.444 e. The number of carbonyl (C=O) groups excluding carboxylic acids is 1. The molecule has 2 aromatic rings. The minimum atomic E-state index is -1.00. The molecule has 2 heterocycles. The molecule has 134 valence electrons. The molecular weight excluding hydrogens is 322 g/mol. The van der Waals surface area contributed by atoms with Gasteiger partial charge in [0.25, 0.3) is 5.91 Å². The number of nitrogens with zero attached hydrogens (tertiary/aromatic N) is 2. The number of β-amino-alcohol motifs (C(OH)–C–C–N with tert-alkyl or cyclic N) is 1. The standard InChI is InChI=1S/C18H23N3O4/c1-18(23,12-21-5-7-24-8-6-21)11-20-17(22)15-4-2-3-14(9-15)16-10-19-13-25-16/h2-4,9-10,13,23H,5-8,11-12H2,1H3,(H,20,22). The minimum absolute atomic E-state index is 0.176. The van der Waals surface area contributed by atoms with Crippen LogP contribution in [-0.4, -0.2) is 65.9 Å². The maximum absolute atomic E-state index is 12.4. The molecule has 0 aliphatic carbocycles. The molecule has 1 saturated heterocycles. The van der Waals surface area contributed by atoms with Crippen molar-refractivity contribution in [1.82, 2.24) is 15.2 Å². The van der Waals surface area contributed by atoms with Gasteiger partial charge in [-0.2, -0.15) is 0 Å². The van der Waals surface area contributed by atoms with Crippen LogP contribution in [0.3, 0.4) is 0 Å². The molecule has 3 rings (SSSR count). The van der Waals surface area contributed by atoms with Gasteiger partial charge in [-0.25, -0.2) is 4.98 Å². The van der Waals surface area contributed by atoms with Gasteiger partial charge in [0.1, 0.15) is 0 Å². The highest BCUT2D eigenvalue weighted by Gasteiger charge is 2.26. The Labute approximate surface area is 146 Å². The van der Waals surface area contributed by atoms with Crippen molar-refractivity contribution in [3.8, 4) is 11.3 Å². The molecule has 1 unspecified atom stereocenters. The van der Waals surface area contributed by atoms with E-state index in [1.807, 2.05) is 6.07 Å². The predicted molar refractivity (Wildman–Crippen MR) is 92.2 cm³/mol. The number of aliphatic hydroxyl groups is 1. The van der Waals surface area contributed by atoms with Crippen molar-refractivity contribution in [2.45, 2.75) is 12.5 Å². The molecule has 1 fully saturated rings. The maximum Gasteiger partial charge on any atom is 0.251 e. The molecule has 1 aliphatic rings. The summed E-state index contributed by atoms with van der Waals surface area (Å²) in [6.07, 6.45) is 2.95. The molecule has 0 bridgehead atoms. The number of benzene rings is 1. The molecule has 1 amide bonds. The van der Waals surface area contributed by atoms with E-state index < -0.39 is 5.60 Å². The van der Waals surface area contributed by atoms with Crippen LogP contribution in [0.15, 0.2) is 41.3 Å². The number of aromatic nitrogens is 1. The fourth-order valence-electron chi connectivity index (χ4n) is 2.84. The lowest BCUT2D eigenvalue weighted by Crippen LogP contribution is -2.51. The number of hydrogen-bond donors (Lipinski definition) is 2. The first-order chi connectivity index (χ1) is 12.0. The number of rotatable bonds is 6. The number of nitrogens with one attached hydrogen (secondary N) is 1. The third-order valence-electron chi connectivity index (χ3n) is 4.14. The van der Waals surface area contributed by atoms with Gasteiger partial charge < -0.3 is 19.6 Å². The van der Waals surface area contributed by atoms with E-state index in [0.717, 1.165) is 18.7 Å². The van der Waals surface area contributed by atoms with E-state index in [9.17, 15) is 9.90 Å². The number of amides is 1. The number of morpholine rings is 1. The summed E-state index contributed by atoms with van der Waals surface area (Å²) in [5, 5.41) is 13.4. The monoisotopic (exact) mass is 345 g/mol. The number of hydrogen-bond acceptors (Lipinski definition) is 6. The minimum Gasteiger partial charge on any atom is -0.444 e. The van der Waals surface area contributed by atoms with Crippen LogP contribution in [0.2, 0.25) is 0 Å². The topological polar surface area (TPSA) is 87.8 Å². The number of ether oxygens (including phenoxy) is 1. The quantitative estimate of drug-likeness (QED) is 0.817. The van der Waals surface area contributed by atoms with E-state index in [1.165, 1.54) is 6.39 Å². The van der Waals surface area contributed by atoms with Gasteiger partial charge in [-0.1, -0.05) is 12.1 Å². The molecule has 1 atom stereocenters. The molecule has 0 saturated carbocycles. The molecule has 1 aliphatic heterocycles.